The molecular weight excluding hydrogens is 288 g/mol. The van der Waals surface area contributed by atoms with Crippen LogP contribution < -0.4 is 0 Å². The Hall–Kier alpha value is -0.0000000000000000555. The smallest absolute Gasteiger partial charge is 0.120 e. The molecule has 1 aliphatic rings. The molecule has 1 fully saturated rings. The van der Waals surface area contributed by atoms with E-state index in [0.717, 1.165) is 35.3 Å². The fourth-order valence-electron chi connectivity index (χ4n) is 2.22. The Kier molecular flexibility index (Phi) is 3.66. The van der Waals surface area contributed by atoms with Crippen LogP contribution in [-0.4, -0.2) is 25.9 Å². The van der Waals surface area contributed by atoms with Crippen LogP contribution in [0.25, 0.3) is 0 Å². The molecular formula is C11H17BrN2OS. The third-order valence-electron chi connectivity index (χ3n) is 3.16. The van der Waals surface area contributed by atoms with E-state index in [9.17, 15) is 5.11 Å². The van der Waals surface area contributed by atoms with Crippen molar-refractivity contribution in [2.75, 3.05) is 5.75 Å². The zero-order valence-corrected chi connectivity index (χ0v) is 12.0. The summed E-state index contributed by atoms with van der Waals surface area (Å²) in [4.78, 5) is 0. The monoisotopic (exact) mass is 304 g/mol. The molecule has 2 atom stereocenters. The third-order valence-corrected chi connectivity index (χ3v) is 5.07. The highest BCUT2D eigenvalue weighted by Crippen LogP contribution is 2.45. The molecule has 5 heteroatoms. The number of aliphatic hydroxyl groups is 1. The van der Waals surface area contributed by atoms with Gasteiger partial charge in [0.15, 0.2) is 0 Å². The van der Waals surface area contributed by atoms with Gasteiger partial charge < -0.3 is 5.11 Å². The van der Waals surface area contributed by atoms with Crippen molar-refractivity contribution in [2.45, 2.75) is 44.1 Å². The van der Waals surface area contributed by atoms with Crippen molar-refractivity contribution >= 4 is 27.7 Å². The first-order chi connectivity index (χ1) is 7.59. The number of hydrogen-bond donors (Lipinski definition) is 1. The second-order valence-corrected chi connectivity index (χ2v) is 6.55. The largest absolute Gasteiger partial charge is 0.382 e. The molecule has 1 aromatic rings. The van der Waals surface area contributed by atoms with Crippen LogP contribution in [0.3, 0.4) is 0 Å². The Bertz CT molecular complexity index is 382. The van der Waals surface area contributed by atoms with Crippen molar-refractivity contribution in [3.63, 3.8) is 0 Å². The van der Waals surface area contributed by atoms with Gasteiger partial charge in [0.25, 0.3) is 0 Å². The maximum Gasteiger partial charge on any atom is 0.120 e. The van der Waals surface area contributed by atoms with Gasteiger partial charge in [-0.25, -0.2) is 0 Å². The summed E-state index contributed by atoms with van der Waals surface area (Å²) in [5.41, 5.74) is 0.224. The number of hydrogen-bond acceptors (Lipinski definition) is 3. The summed E-state index contributed by atoms with van der Waals surface area (Å²) < 4.78 is 2.87. The summed E-state index contributed by atoms with van der Waals surface area (Å²) in [6.07, 6.45) is 3.63. The fourth-order valence-corrected chi connectivity index (χ4v) is 4.14. The van der Waals surface area contributed by atoms with Crippen molar-refractivity contribution < 1.29 is 5.11 Å². The van der Waals surface area contributed by atoms with E-state index in [1.165, 1.54) is 0 Å². The van der Waals surface area contributed by atoms with Gasteiger partial charge in [-0.3, -0.25) is 4.68 Å². The molecule has 3 nitrogen and oxygen atoms in total. The number of rotatable bonds is 3. The van der Waals surface area contributed by atoms with E-state index in [4.69, 9.17) is 0 Å². The van der Waals surface area contributed by atoms with E-state index in [1.54, 1.807) is 6.20 Å². The van der Waals surface area contributed by atoms with Crippen molar-refractivity contribution in [1.82, 2.24) is 9.78 Å². The molecule has 2 heterocycles. The zero-order chi connectivity index (χ0) is 11.8. The van der Waals surface area contributed by atoms with Crippen LogP contribution in [-0.2, 0) is 12.1 Å². The van der Waals surface area contributed by atoms with Gasteiger partial charge in [0.05, 0.1) is 16.4 Å². The molecule has 0 amide bonds. The number of nitrogens with zero attached hydrogens (tertiary/aromatic N) is 2. The third kappa shape index (κ3) is 1.93. The molecule has 1 aliphatic heterocycles. The van der Waals surface area contributed by atoms with Crippen LogP contribution in [0.4, 0.5) is 0 Å². The lowest BCUT2D eigenvalue weighted by molar-refractivity contribution is 0.0324. The molecule has 0 aliphatic carbocycles. The highest BCUT2D eigenvalue weighted by molar-refractivity contribution is 9.10. The van der Waals surface area contributed by atoms with Gasteiger partial charge in [-0.1, -0.05) is 13.8 Å². The molecule has 1 saturated heterocycles. The number of aryl methyl sites for hydroxylation is 1. The first-order valence-corrected chi connectivity index (χ1v) is 7.49. The molecule has 0 bridgehead atoms. The molecule has 90 valence electrons. The summed E-state index contributed by atoms with van der Waals surface area (Å²) in [5.74, 6) is 1.02. The Morgan fingerprint density at radius 2 is 2.50 bits per heavy atom. The van der Waals surface area contributed by atoms with Crippen LogP contribution in [0.1, 0.15) is 32.4 Å². The Morgan fingerprint density at radius 1 is 1.75 bits per heavy atom. The summed E-state index contributed by atoms with van der Waals surface area (Å²) in [7, 11) is 0. The van der Waals surface area contributed by atoms with Crippen molar-refractivity contribution in [3.05, 3.63) is 16.4 Å². The van der Waals surface area contributed by atoms with E-state index in [1.807, 2.05) is 16.4 Å². The van der Waals surface area contributed by atoms with E-state index >= 15 is 0 Å². The number of aromatic nitrogens is 2. The maximum absolute atomic E-state index is 10.8. The predicted octanol–water partition coefficient (Wildman–Crippen LogP) is 2.77. The number of halogens is 1. The average Bonchev–Trinajstić information content (AvgIpc) is 2.74. The minimum atomic E-state index is -0.727. The quantitative estimate of drug-likeness (QED) is 0.933. The van der Waals surface area contributed by atoms with Crippen molar-refractivity contribution in [3.8, 4) is 0 Å². The number of thioether (sulfide) groups is 1. The van der Waals surface area contributed by atoms with Crippen LogP contribution in [0.2, 0.25) is 0 Å². The highest BCUT2D eigenvalue weighted by atomic mass is 79.9. The van der Waals surface area contributed by atoms with E-state index in [0.29, 0.717) is 0 Å². The SMILES string of the molecule is CCCn1ncc(Br)c1C1(O)CCSC1C. The van der Waals surface area contributed by atoms with Gasteiger partial charge in [0, 0.05) is 11.8 Å². The minimum absolute atomic E-state index is 0.233. The molecule has 0 radical (unpaired) electrons. The standard InChI is InChI=1S/C11H17BrN2OS/c1-3-5-14-10(9(12)7-13-14)11(15)4-6-16-8(11)2/h7-8,15H,3-6H2,1-2H3. The Balaban J connectivity index is 2.41. The molecule has 2 rings (SSSR count). The average molecular weight is 305 g/mol. The topological polar surface area (TPSA) is 38.0 Å². The molecule has 0 saturated carbocycles. The summed E-state index contributed by atoms with van der Waals surface area (Å²) in [6.45, 7) is 5.07. The van der Waals surface area contributed by atoms with Gasteiger partial charge in [-0.15, -0.1) is 0 Å². The highest BCUT2D eigenvalue weighted by Gasteiger charge is 2.44. The molecule has 1 N–H and O–H groups in total. The fraction of sp³-hybridized carbons (Fsp3) is 0.727. The predicted molar refractivity (Wildman–Crippen MR) is 70.7 cm³/mol. The van der Waals surface area contributed by atoms with Gasteiger partial charge in [-0.2, -0.15) is 16.9 Å². The molecule has 0 aromatic carbocycles. The van der Waals surface area contributed by atoms with Crippen LogP contribution in [0.5, 0.6) is 0 Å². The molecule has 16 heavy (non-hydrogen) atoms. The van der Waals surface area contributed by atoms with E-state index in [2.05, 4.69) is 34.9 Å². The van der Waals surface area contributed by atoms with Crippen molar-refractivity contribution in [2.24, 2.45) is 0 Å². The Morgan fingerprint density at radius 3 is 3.06 bits per heavy atom. The zero-order valence-electron chi connectivity index (χ0n) is 9.61. The lowest BCUT2D eigenvalue weighted by atomic mass is 9.93. The van der Waals surface area contributed by atoms with Gasteiger partial charge in [0.2, 0.25) is 0 Å². The molecule has 0 spiro atoms. The first-order valence-electron chi connectivity index (χ1n) is 5.65. The lowest BCUT2D eigenvalue weighted by Gasteiger charge is -2.28. The van der Waals surface area contributed by atoms with Gasteiger partial charge in [0.1, 0.15) is 5.60 Å². The second-order valence-electron chi connectivity index (χ2n) is 4.25. The van der Waals surface area contributed by atoms with Crippen molar-refractivity contribution in [1.29, 1.82) is 0 Å². The van der Waals surface area contributed by atoms with E-state index < -0.39 is 5.60 Å². The Labute approximate surface area is 109 Å². The molecule has 1 aromatic heterocycles. The lowest BCUT2D eigenvalue weighted by Crippen LogP contribution is -2.34. The summed E-state index contributed by atoms with van der Waals surface area (Å²) in [6, 6.07) is 0. The van der Waals surface area contributed by atoms with Crippen LogP contribution in [0, 0.1) is 0 Å². The normalized spacial score (nSPS) is 29.9. The van der Waals surface area contributed by atoms with E-state index in [-0.39, 0.29) is 5.25 Å². The van der Waals surface area contributed by atoms with Gasteiger partial charge in [-0.05, 0) is 34.5 Å². The molecule has 2 unspecified atom stereocenters. The summed E-state index contributed by atoms with van der Waals surface area (Å²) >= 11 is 5.33. The van der Waals surface area contributed by atoms with Crippen LogP contribution in [0.15, 0.2) is 10.7 Å². The van der Waals surface area contributed by atoms with Gasteiger partial charge >= 0.3 is 0 Å². The maximum atomic E-state index is 10.8. The minimum Gasteiger partial charge on any atom is -0.382 e. The first kappa shape index (κ1) is 12.5. The van der Waals surface area contributed by atoms with Crippen LogP contribution >= 0.6 is 27.7 Å². The second kappa shape index (κ2) is 4.70. The summed E-state index contributed by atoms with van der Waals surface area (Å²) in [5, 5.41) is 15.4.